The van der Waals surface area contributed by atoms with Crippen LogP contribution in [0.4, 0.5) is 0 Å². The molecule has 7 heteroatoms. The van der Waals surface area contributed by atoms with Crippen LogP contribution in [0.1, 0.15) is 66.2 Å². The van der Waals surface area contributed by atoms with E-state index in [1.54, 1.807) is 0 Å². The van der Waals surface area contributed by atoms with Crippen molar-refractivity contribution in [1.29, 1.82) is 0 Å². The Morgan fingerprint density at radius 1 is 1.21 bits per heavy atom. The van der Waals surface area contributed by atoms with Gasteiger partial charge >= 0.3 is 0 Å². The smallest absolute Gasteiger partial charge is 0.262 e. The van der Waals surface area contributed by atoms with Crippen LogP contribution < -0.4 is 10.9 Å². The highest BCUT2D eigenvalue weighted by Crippen LogP contribution is 2.28. The van der Waals surface area contributed by atoms with Crippen LogP contribution in [-0.2, 0) is 19.5 Å². The first-order chi connectivity index (χ1) is 16.0. The van der Waals surface area contributed by atoms with Gasteiger partial charge in [0, 0.05) is 38.6 Å². The minimum absolute atomic E-state index is 0.0122. The third-order valence-electron chi connectivity index (χ3n) is 6.48. The molecule has 0 saturated carbocycles. The first kappa shape index (κ1) is 23.6. The molecule has 176 valence electrons. The highest BCUT2D eigenvalue weighted by atomic mass is 32.1. The minimum Gasteiger partial charge on any atom is -0.351 e. The Morgan fingerprint density at radius 3 is 2.76 bits per heavy atom. The summed E-state index contributed by atoms with van der Waals surface area (Å²) in [6.07, 6.45) is 4.90. The summed E-state index contributed by atoms with van der Waals surface area (Å²) in [7, 11) is 0. The molecule has 0 saturated heterocycles. The second kappa shape index (κ2) is 10.6. The molecule has 6 nitrogen and oxygen atoms in total. The molecule has 2 aromatic heterocycles. The van der Waals surface area contributed by atoms with Gasteiger partial charge in [-0.3, -0.25) is 19.1 Å². The standard InChI is InChI=1S/C26H34N4O2S/c1-18(2)29(17-20-11-6-4-7-12-20)15-10-14-27-24(31)23-19(3)22-25(33-23)28-21-13-8-5-9-16-30(21)26(22)32/h4,6-7,11-12,18H,5,8-10,13-17H2,1-3H3,(H,27,31). The fraction of sp³-hybridized carbons (Fsp3) is 0.500. The number of hydrogen-bond donors (Lipinski definition) is 1. The van der Waals surface area contributed by atoms with Gasteiger partial charge in [-0.15, -0.1) is 11.3 Å². The average Bonchev–Trinajstić information content (AvgIpc) is 2.96. The first-order valence-electron chi connectivity index (χ1n) is 12.0. The van der Waals surface area contributed by atoms with Gasteiger partial charge in [-0.25, -0.2) is 4.98 Å². The number of benzene rings is 1. The molecule has 0 unspecified atom stereocenters. The van der Waals surface area contributed by atoms with Crippen LogP contribution in [0.15, 0.2) is 35.1 Å². The summed E-state index contributed by atoms with van der Waals surface area (Å²) in [5, 5.41) is 3.68. The molecule has 1 aliphatic rings. The zero-order chi connectivity index (χ0) is 23.4. The van der Waals surface area contributed by atoms with Crippen molar-refractivity contribution < 1.29 is 4.79 Å². The highest BCUT2D eigenvalue weighted by molar-refractivity contribution is 7.20. The van der Waals surface area contributed by atoms with Gasteiger partial charge in [0.1, 0.15) is 10.7 Å². The van der Waals surface area contributed by atoms with Crippen molar-refractivity contribution >= 4 is 27.5 Å². The Balaban J connectivity index is 1.40. The van der Waals surface area contributed by atoms with Gasteiger partial charge in [-0.05, 0) is 51.2 Å². The fourth-order valence-corrected chi connectivity index (χ4v) is 5.64. The van der Waals surface area contributed by atoms with Crippen molar-refractivity contribution in [2.75, 3.05) is 13.1 Å². The predicted molar refractivity (Wildman–Crippen MR) is 135 cm³/mol. The zero-order valence-electron chi connectivity index (χ0n) is 19.9. The van der Waals surface area contributed by atoms with E-state index in [2.05, 4.69) is 48.3 Å². The number of aromatic nitrogens is 2. The van der Waals surface area contributed by atoms with Gasteiger partial charge in [-0.1, -0.05) is 36.8 Å². The summed E-state index contributed by atoms with van der Waals surface area (Å²) in [4.78, 5) is 34.6. The monoisotopic (exact) mass is 466 g/mol. The molecule has 0 fully saturated rings. The maximum absolute atomic E-state index is 13.1. The van der Waals surface area contributed by atoms with Crippen LogP contribution in [0, 0.1) is 6.92 Å². The van der Waals surface area contributed by atoms with E-state index in [4.69, 9.17) is 4.98 Å². The number of amides is 1. The number of hydrogen-bond acceptors (Lipinski definition) is 5. The maximum Gasteiger partial charge on any atom is 0.262 e. The van der Waals surface area contributed by atoms with Crippen LogP contribution in [-0.4, -0.2) is 39.5 Å². The van der Waals surface area contributed by atoms with E-state index in [1.165, 1.54) is 16.9 Å². The molecular formula is C26H34N4O2S. The van der Waals surface area contributed by atoms with Crippen molar-refractivity contribution in [3.63, 3.8) is 0 Å². The Hall–Kier alpha value is -2.51. The average molecular weight is 467 g/mol. The van der Waals surface area contributed by atoms with Crippen molar-refractivity contribution in [3.8, 4) is 0 Å². The molecule has 3 aromatic rings. The number of nitrogens with zero attached hydrogens (tertiary/aromatic N) is 3. The molecule has 0 spiro atoms. The van der Waals surface area contributed by atoms with E-state index in [-0.39, 0.29) is 11.5 Å². The Morgan fingerprint density at radius 2 is 2.00 bits per heavy atom. The summed E-state index contributed by atoms with van der Waals surface area (Å²) in [5.74, 6) is 0.764. The molecule has 1 N–H and O–H groups in total. The van der Waals surface area contributed by atoms with E-state index in [1.807, 2.05) is 17.6 Å². The fourth-order valence-electron chi connectivity index (χ4n) is 4.53. The summed E-state index contributed by atoms with van der Waals surface area (Å²) in [6, 6.07) is 10.9. The van der Waals surface area contributed by atoms with E-state index in [0.717, 1.165) is 63.1 Å². The number of nitrogens with one attached hydrogen (secondary N) is 1. The summed E-state index contributed by atoms with van der Waals surface area (Å²) < 4.78 is 1.82. The predicted octanol–water partition coefficient (Wildman–Crippen LogP) is 4.52. The molecule has 0 aliphatic carbocycles. The van der Waals surface area contributed by atoms with Gasteiger partial charge in [0.05, 0.1) is 10.3 Å². The topological polar surface area (TPSA) is 67.2 Å². The summed E-state index contributed by atoms with van der Waals surface area (Å²) in [6.45, 7) is 9.43. The molecule has 0 atom stereocenters. The lowest BCUT2D eigenvalue weighted by Gasteiger charge is -2.26. The Labute approximate surface area is 199 Å². The molecule has 1 amide bonds. The van der Waals surface area contributed by atoms with E-state index in [9.17, 15) is 9.59 Å². The largest absolute Gasteiger partial charge is 0.351 e. The molecule has 1 aromatic carbocycles. The lowest BCUT2D eigenvalue weighted by atomic mass is 10.2. The van der Waals surface area contributed by atoms with E-state index < -0.39 is 0 Å². The third kappa shape index (κ3) is 5.36. The number of aryl methyl sites for hydroxylation is 2. The normalized spacial score (nSPS) is 14.0. The van der Waals surface area contributed by atoms with E-state index >= 15 is 0 Å². The zero-order valence-corrected chi connectivity index (χ0v) is 20.7. The van der Waals surface area contributed by atoms with Crippen LogP contribution in [0.25, 0.3) is 10.2 Å². The number of fused-ring (bicyclic) bond motifs is 2. The molecule has 33 heavy (non-hydrogen) atoms. The van der Waals surface area contributed by atoms with Crippen LogP contribution in [0.2, 0.25) is 0 Å². The maximum atomic E-state index is 13.1. The third-order valence-corrected chi connectivity index (χ3v) is 7.67. The lowest BCUT2D eigenvalue weighted by Crippen LogP contribution is -2.34. The Kier molecular flexibility index (Phi) is 7.60. The molecule has 4 rings (SSSR count). The van der Waals surface area contributed by atoms with Gasteiger partial charge in [0.25, 0.3) is 11.5 Å². The van der Waals surface area contributed by atoms with Crippen molar-refractivity contribution in [3.05, 3.63) is 62.5 Å². The second-order valence-corrected chi connectivity index (χ2v) is 10.2. The first-order valence-corrected chi connectivity index (χ1v) is 12.9. The van der Waals surface area contributed by atoms with Gasteiger partial charge < -0.3 is 5.32 Å². The van der Waals surface area contributed by atoms with Crippen molar-refractivity contribution in [2.45, 2.75) is 72.0 Å². The quantitative estimate of drug-likeness (QED) is 0.496. The summed E-state index contributed by atoms with van der Waals surface area (Å²) in [5.41, 5.74) is 2.07. The van der Waals surface area contributed by atoms with Crippen LogP contribution in [0.3, 0.4) is 0 Å². The summed E-state index contributed by atoms with van der Waals surface area (Å²) >= 11 is 1.35. The van der Waals surface area contributed by atoms with Crippen LogP contribution in [0.5, 0.6) is 0 Å². The van der Waals surface area contributed by atoms with Crippen molar-refractivity contribution in [2.24, 2.45) is 0 Å². The molecule has 1 aliphatic heterocycles. The van der Waals surface area contributed by atoms with Gasteiger partial charge in [-0.2, -0.15) is 0 Å². The number of carbonyl (C=O) groups excluding carboxylic acids is 1. The Bertz CT molecular complexity index is 1170. The number of rotatable bonds is 8. The molecule has 0 radical (unpaired) electrons. The lowest BCUT2D eigenvalue weighted by molar-refractivity contribution is 0.0954. The van der Waals surface area contributed by atoms with Crippen LogP contribution >= 0.6 is 11.3 Å². The SMILES string of the molecule is Cc1c(C(=O)NCCCN(Cc2ccccc2)C(C)C)sc2nc3n(c(=O)c12)CCCCC3. The van der Waals surface area contributed by atoms with Crippen molar-refractivity contribution in [1.82, 2.24) is 19.8 Å². The molecule has 0 bridgehead atoms. The minimum atomic E-state index is -0.103. The molecule has 3 heterocycles. The molecular weight excluding hydrogens is 432 g/mol. The number of thiophene rings is 1. The number of carbonyl (C=O) groups is 1. The highest BCUT2D eigenvalue weighted by Gasteiger charge is 2.22. The second-order valence-electron chi connectivity index (χ2n) is 9.19. The van der Waals surface area contributed by atoms with Gasteiger partial charge in [0.15, 0.2) is 0 Å². The van der Waals surface area contributed by atoms with Gasteiger partial charge in [0.2, 0.25) is 0 Å². The van der Waals surface area contributed by atoms with E-state index in [0.29, 0.717) is 27.7 Å².